The monoisotopic (exact) mass is 242 g/mol. The van der Waals surface area contributed by atoms with Gasteiger partial charge in [-0.25, -0.2) is 4.98 Å². The van der Waals surface area contributed by atoms with Crippen LogP contribution in [0.5, 0.6) is 0 Å². The number of hydrogen-bond donors (Lipinski definition) is 1. The van der Waals surface area contributed by atoms with Crippen molar-refractivity contribution in [3.05, 3.63) is 59.7 Å². The molecule has 18 heavy (non-hydrogen) atoms. The summed E-state index contributed by atoms with van der Waals surface area (Å²) in [4.78, 5) is 3.63. The van der Waals surface area contributed by atoms with Gasteiger partial charge in [0, 0.05) is 6.54 Å². The molecule has 0 bridgehead atoms. The van der Waals surface area contributed by atoms with Crippen LogP contribution in [0.15, 0.2) is 42.6 Å². The molecule has 1 heterocycles. The molecule has 0 amide bonds. The summed E-state index contributed by atoms with van der Waals surface area (Å²) in [6.45, 7) is 0.764. The molecule has 0 unspecified atom stereocenters. The Balaban J connectivity index is 1.71. The Morgan fingerprint density at radius 1 is 1.17 bits per heavy atom. The number of hydrogen-bond acceptors (Lipinski definition) is 2. The van der Waals surface area contributed by atoms with Crippen molar-refractivity contribution in [2.45, 2.75) is 25.3 Å². The first-order valence-corrected chi connectivity index (χ1v) is 6.26. The molecule has 92 valence electrons. The van der Waals surface area contributed by atoms with E-state index >= 15 is 0 Å². The number of rotatable bonds is 4. The second-order valence-corrected chi connectivity index (χ2v) is 4.70. The summed E-state index contributed by atoms with van der Waals surface area (Å²) in [5.74, 6) is 0.299. The predicted octanol–water partition coefficient (Wildman–Crippen LogP) is 3.71. The topological polar surface area (TPSA) is 24.9 Å². The minimum Gasteiger partial charge on any atom is -0.380 e. The van der Waals surface area contributed by atoms with Crippen molar-refractivity contribution in [1.82, 2.24) is 4.98 Å². The van der Waals surface area contributed by atoms with Crippen molar-refractivity contribution in [2.75, 3.05) is 5.32 Å². The summed E-state index contributed by atoms with van der Waals surface area (Å²) in [5, 5.41) is 3.28. The normalized spacial score (nSPS) is 14.5. The molecule has 3 rings (SSSR count). The highest BCUT2D eigenvalue weighted by atomic mass is 19.1. The lowest BCUT2D eigenvalue weighted by atomic mass is 10.0. The van der Waals surface area contributed by atoms with E-state index in [0.717, 1.165) is 18.2 Å². The second kappa shape index (κ2) is 4.77. The van der Waals surface area contributed by atoms with Gasteiger partial charge in [0.1, 0.15) is 0 Å². The Morgan fingerprint density at radius 3 is 2.72 bits per heavy atom. The zero-order chi connectivity index (χ0) is 12.4. The van der Waals surface area contributed by atoms with Crippen molar-refractivity contribution >= 4 is 5.69 Å². The fourth-order valence-corrected chi connectivity index (χ4v) is 2.17. The maximum Gasteiger partial charge on any atom is 0.212 e. The molecule has 1 aliphatic rings. The number of halogens is 1. The van der Waals surface area contributed by atoms with E-state index in [1.54, 1.807) is 6.07 Å². The summed E-state index contributed by atoms with van der Waals surface area (Å²) >= 11 is 0. The first-order chi connectivity index (χ1) is 8.83. The minimum absolute atomic E-state index is 0.445. The molecular formula is C15H15FN2. The van der Waals surface area contributed by atoms with Crippen LogP contribution in [-0.4, -0.2) is 4.98 Å². The molecule has 1 saturated carbocycles. The molecule has 0 radical (unpaired) electrons. The molecule has 1 aromatic heterocycles. The van der Waals surface area contributed by atoms with Gasteiger partial charge in [0.2, 0.25) is 5.95 Å². The quantitative estimate of drug-likeness (QED) is 0.827. The van der Waals surface area contributed by atoms with Crippen LogP contribution < -0.4 is 5.32 Å². The number of nitrogens with one attached hydrogen (secondary N) is 1. The van der Waals surface area contributed by atoms with Crippen LogP contribution in [0.4, 0.5) is 10.1 Å². The average Bonchev–Trinajstić information content (AvgIpc) is 3.23. The van der Waals surface area contributed by atoms with Crippen molar-refractivity contribution in [3.63, 3.8) is 0 Å². The smallest absolute Gasteiger partial charge is 0.212 e. The van der Waals surface area contributed by atoms with Gasteiger partial charge < -0.3 is 5.32 Å². The summed E-state index contributed by atoms with van der Waals surface area (Å²) in [6, 6.07) is 11.6. The van der Waals surface area contributed by atoms with Crippen LogP contribution in [0.25, 0.3) is 0 Å². The van der Waals surface area contributed by atoms with Gasteiger partial charge in [-0.3, -0.25) is 0 Å². The van der Waals surface area contributed by atoms with Crippen LogP contribution in [0.3, 0.4) is 0 Å². The molecular weight excluding hydrogens is 227 g/mol. The minimum atomic E-state index is -0.445. The number of aromatic nitrogens is 1. The molecule has 0 saturated heterocycles. The van der Waals surface area contributed by atoms with E-state index in [4.69, 9.17) is 0 Å². The van der Waals surface area contributed by atoms with Gasteiger partial charge in [-0.2, -0.15) is 4.39 Å². The highest BCUT2D eigenvalue weighted by molar-refractivity contribution is 5.42. The zero-order valence-electron chi connectivity index (χ0n) is 10.1. The van der Waals surface area contributed by atoms with Gasteiger partial charge in [0.25, 0.3) is 0 Å². The summed E-state index contributed by atoms with van der Waals surface area (Å²) < 4.78 is 12.7. The first kappa shape index (κ1) is 11.2. The van der Waals surface area contributed by atoms with Crippen LogP contribution in [0.2, 0.25) is 0 Å². The number of nitrogens with zero attached hydrogens (tertiary/aromatic N) is 1. The average molecular weight is 242 g/mol. The molecule has 1 fully saturated rings. The van der Waals surface area contributed by atoms with E-state index in [1.165, 1.54) is 36.2 Å². The van der Waals surface area contributed by atoms with E-state index in [1.807, 2.05) is 0 Å². The van der Waals surface area contributed by atoms with Crippen LogP contribution >= 0.6 is 0 Å². The fourth-order valence-electron chi connectivity index (χ4n) is 2.17. The van der Waals surface area contributed by atoms with Crippen molar-refractivity contribution in [3.8, 4) is 0 Å². The second-order valence-electron chi connectivity index (χ2n) is 4.70. The van der Waals surface area contributed by atoms with E-state index in [0.29, 0.717) is 0 Å². The maximum atomic E-state index is 12.7. The van der Waals surface area contributed by atoms with E-state index < -0.39 is 5.95 Å². The molecule has 0 spiro atoms. The highest BCUT2D eigenvalue weighted by Gasteiger charge is 2.25. The maximum absolute atomic E-state index is 12.7. The number of pyridine rings is 1. The third kappa shape index (κ3) is 2.50. The van der Waals surface area contributed by atoms with E-state index in [-0.39, 0.29) is 0 Å². The molecule has 2 aromatic rings. The SMILES string of the molecule is Fc1ccc(NCc2ccccc2C2CC2)cn1. The highest BCUT2D eigenvalue weighted by Crippen LogP contribution is 2.41. The van der Waals surface area contributed by atoms with Crippen LogP contribution in [-0.2, 0) is 6.54 Å². The number of anilines is 1. The Morgan fingerprint density at radius 2 is 2.00 bits per heavy atom. The Bertz CT molecular complexity index is 532. The fraction of sp³-hybridized carbons (Fsp3) is 0.267. The molecule has 2 nitrogen and oxygen atoms in total. The Labute approximate surface area is 106 Å². The lowest BCUT2D eigenvalue weighted by Crippen LogP contribution is -2.02. The van der Waals surface area contributed by atoms with Crippen molar-refractivity contribution in [1.29, 1.82) is 0 Å². The lowest BCUT2D eigenvalue weighted by Gasteiger charge is -2.10. The van der Waals surface area contributed by atoms with Gasteiger partial charge in [-0.15, -0.1) is 0 Å². The van der Waals surface area contributed by atoms with Gasteiger partial charge in [0.05, 0.1) is 11.9 Å². The number of benzene rings is 1. The Kier molecular flexibility index (Phi) is 2.97. The summed E-state index contributed by atoms with van der Waals surface area (Å²) in [6.07, 6.45) is 4.12. The van der Waals surface area contributed by atoms with Gasteiger partial charge in [-0.1, -0.05) is 24.3 Å². The van der Waals surface area contributed by atoms with E-state index in [9.17, 15) is 4.39 Å². The standard InChI is InChI=1S/C15H15FN2/c16-15-8-7-13(10-18-15)17-9-12-3-1-2-4-14(12)11-5-6-11/h1-4,7-8,10-11,17H,5-6,9H2. The first-order valence-electron chi connectivity index (χ1n) is 6.26. The molecule has 1 aromatic carbocycles. The summed E-state index contributed by atoms with van der Waals surface area (Å²) in [5.41, 5.74) is 3.62. The molecule has 0 atom stereocenters. The van der Waals surface area contributed by atoms with Crippen molar-refractivity contribution in [2.24, 2.45) is 0 Å². The summed E-state index contributed by atoms with van der Waals surface area (Å²) in [7, 11) is 0. The largest absolute Gasteiger partial charge is 0.380 e. The van der Waals surface area contributed by atoms with Crippen LogP contribution in [0, 0.1) is 5.95 Å². The van der Waals surface area contributed by atoms with Gasteiger partial charge in [0.15, 0.2) is 0 Å². The Hall–Kier alpha value is -1.90. The van der Waals surface area contributed by atoms with Gasteiger partial charge >= 0.3 is 0 Å². The molecule has 0 aliphatic heterocycles. The zero-order valence-corrected chi connectivity index (χ0v) is 10.1. The molecule has 3 heteroatoms. The van der Waals surface area contributed by atoms with Crippen molar-refractivity contribution < 1.29 is 4.39 Å². The van der Waals surface area contributed by atoms with E-state index in [2.05, 4.69) is 34.6 Å². The molecule has 1 N–H and O–H groups in total. The molecule has 1 aliphatic carbocycles. The third-order valence-electron chi connectivity index (χ3n) is 3.28. The van der Waals surface area contributed by atoms with Gasteiger partial charge in [-0.05, 0) is 42.0 Å². The lowest BCUT2D eigenvalue weighted by molar-refractivity contribution is 0.584. The van der Waals surface area contributed by atoms with Crippen LogP contribution in [0.1, 0.15) is 29.9 Å². The third-order valence-corrected chi connectivity index (χ3v) is 3.28. The predicted molar refractivity (Wildman–Crippen MR) is 69.9 cm³/mol.